The molecule has 0 bridgehead atoms. The number of non-ortho nitro benzene ring substituents is 1. The summed E-state index contributed by atoms with van der Waals surface area (Å²) < 4.78 is 10.7. The highest BCUT2D eigenvalue weighted by atomic mass is 16.7. The maximum Gasteiger partial charge on any atom is 0.269 e. The van der Waals surface area contributed by atoms with Gasteiger partial charge < -0.3 is 24.8 Å². The van der Waals surface area contributed by atoms with Crippen molar-refractivity contribution < 1.29 is 29.7 Å². The smallest absolute Gasteiger partial charge is 0.269 e. The first-order valence-electron chi connectivity index (χ1n) is 8.09. The Labute approximate surface area is 149 Å². The molecule has 0 aliphatic carbocycles. The molecule has 1 heterocycles. The molecule has 2 aromatic carbocycles. The molecule has 8 nitrogen and oxygen atoms in total. The van der Waals surface area contributed by atoms with E-state index in [2.05, 4.69) is 0 Å². The van der Waals surface area contributed by atoms with E-state index in [-0.39, 0.29) is 12.3 Å². The summed E-state index contributed by atoms with van der Waals surface area (Å²) in [6, 6.07) is 13.4. The molecule has 0 saturated carbocycles. The van der Waals surface area contributed by atoms with E-state index < -0.39 is 29.5 Å². The van der Waals surface area contributed by atoms with Crippen molar-refractivity contribution in [1.82, 2.24) is 0 Å². The maximum atomic E-state index is 10.7. The second-order valence-electron chi connectivity index (χ2n) is 6.11. The van der Waals surface area contributed by atoms with Crippen LogP contribution in [0.1, 0.15) is 11.1 Å². The summed E-state index contributed by atoms with van der Waals surface area (Å²) in [5, 5.41) is 39.6. The van der Waals surface area contributed by atoms with Gasteiger partial charge in [0.05, 0.1) is 11.5 Å². The third-order valence-electron chi connectivity index (χ3n) is 4.19. The van der Waals surface area contributed by atoms with Crippen LogP contribution in [0.15, 0.2) is 48.5 Å². The average molecular weight is 361 g/mol. The number of aliphatic hydroxyl groups is 3. The first kappa shape index (κ1) is 18.3. The fraction of sp³-hybridized carbons (Fsp3) is 0.333. The molecule has 26 heavy (non-hydrogen) atoms. The Hall–Kier alpha value is -2.52. The lowest BCUT2D eigenvalue weighted by Gasteiger charge is -2.34. The number of rotatable bonds is 5. The first-order valence-corrected chi connectivity index (χ1v) is 8.09. The number of aliphatic hydroxyl groups excluding tert-OH is 3. The van der Waals surface area contributed by atoms with E-state index in [1.807, 2.05) is 12.1 Å². The van der Waals surface area contributed by atoms with Gasteiger partial charge in [0.1, 0.15) is 24.1 Å². The average Bonchev–Trinajstić information content (AvgIpc) is 2.64. The molecule has 0 spiro atoms. The van der Waals surface area contributed by atoms with Crippen LogP contribution in [0.25, 0.3) is 0 Å². The Morgan fingerprint density at radius 1 is 1.00 bits per heavy atom. The van der Waals surface area contributed by atoms with Crippen molar-refractivity contribution in [1.29, 1.82) is 0 Å². The van der Waals surface area contributed by atoms with Gasteiger partial charge in [-0.05, 0) is 29.7 Å². The van der Waals surface area contributed by atoms with Gasteiger partial charge in [0.25, 0.3) is 5.69 Å². The lowest BCUT2D eigenvalue weighted by Crippen LogP contribution is -2.54. The van der Waals surface area contributed by atoms with Gasteiger partial charge >= 0.3 is 0 Å². The highest BCUT2D eigenvalue weighted by Gasteiger charge is 2.38. The number of nitro benzene ring substituents is 1. The fourth-order valence-corrected chi connectivity index (χ4v) is 2.67. The summed E-state index contributed by atoms with van der Waals surface area (Å²) >= 11 is 0. The van der Waals surface area contributed by atoms with Crippen molar-refractivity contribution in [3.05, 3.63) is 69.8 Å². The van der Waals surface area contributed by atoms with E-state index in [0.717, 1.165) is 11.1 Å². The van der Waals surface area contributed by atoms with Crippen LogP contribution in [0.2, 0.25) is 0 Å². The van der Waals surface area contributed by atoms with Crippen LogP contribution in [0.4, 0.5) is 5.69 Å². The van der Waals surface area contributed by atoms with Gasteiger partial charge in [-0.1, -0.05) is 24.3 Å². The summed E-state index contributed by atoms with van der Waals surface area (Å²) in [5.74, 6) is 0.449. The zero-order valence-corrected chi connectivity index (χ0v) is 13.8. The van der Waals surface area contributed by atoms with Crippen molar-refractivity contribution in [2.24, 2.45) is 0 Å². The van der Waals surface area contributed by atoms with Crippen molar-refractivity contribution in [2.75, 3.05) is 6.61 Å². The molecule has 138 valence electrons. The predicted molar refractivity (Wildman–Crippen MR) is 90.7 cm³/mol. The Balaban J connectivity index is 1.60. The summed E-state index contributed by atoms with van der Waals surface area (Å²) in [6.45, 7) is -0.124. The molecule has 2 aromatic rings. The molecule has 0 aromatic heterocycles. The molecule has 1 aliphatic heterocycles. The van der Waals surface area contributed by atoms with Crippen molar-refractivity contribution >= 4 is 5.69 Å². The second kappa shape index (κ2) is 7.79. The minimum absolute atomic E-state index is 0.0517. The van der Waals surface area contributed by atoms with Crippen molar-refractivity contribution in [3.8, 4) is 5.75 Å². The second-order valence-corrected chi connectivity index (χ2v) is 6.11. The summed E-state index contributed by atoms with van der Waals surface area (Å²) in [5.41, 5.74) is 1.97. The largest absolute Gasteiger partial charge is 0.462 e. The Morgan fingerprint density at radius 2 is 1.58 bits per heavy atom. The van der Waals surface area contributed by atoms with Crippen LogP contribution in [0, 0.1) is 10.1 Å². The zero-order chi connectivity index (χ0) is 18.7. The number of benzene rings is 2. The lowest BCUT2D eigenvalue weighted by atomic mass is 10.0. The molecule has 8 heteroatoms. The van der Waals surface area contributed by atoms with E-state index in [1.165, 1.54) is 12.1 Å². The van der Waals surface area contributed by atoms with E-state index >= 15 is 0 Å². The van der Waals surface area contributed by atoms with Crippen molar-refractivity contribution in [2.45, 2.75) is 31.0 Å². The number of ether oxygens (including phenoxy) is 2. The molecule has 0 radical (unpaired) electrons. The quantitative estimate of drug-likeness (QED) is 0.536. The van der Waals surface area contributed by atoms with Gasteiger partial charge in [-0.15, -0.1) is 0 Å². The fourth-order valence-electron chi connectivity index (χ4n) is 2.67. The summed E-state index contributed by atoms with van der Waals surface area (Å²) in [7, 11) is 0. The molecule has 3 rings (SSSR count). The van der Waals surface area contributed by atoms with E-state index in [4.69, 9.17) is 9.47 Å². The predicted octanol–water partition coefficient (Wildman–Crippen LogP) is 1.00. The highest BCUT2D eigenvalue weighted by molar-refractivity contribution is 5.36. The zero-order valence-electron chi connectivity index (χ0n) is 13.8. The van der Waals surface area contributed by atoms with Crippen LogP contribution in [0.5, 0.6) is 5.75 Å². The first-order chi connectivity index (χ1) is 12.4. The van der Waals surface area contributed by atoms with E-state index in [0.29, 0.717) is 12.2 Å². The Kier molecular flexibility index (Phi) is 5.48. The van der Waals surface area contributed by atoms with Crippen LogP contribution in [-0.2, 0) is 11.2 Å². The standard InChI is InChI=1S/C18H19NO7/c20-15-10-25-18(17(22)16(15)21)26-14-7-3-12(4-8-14)9-11-1-5-13(6-2-11)19(23)24/h1-8,15-18,20-22H,9-10H2/t15-,16+,17-,18+/m1/s1. The topological polar surface area (TPSA) is 122 Å². The summed E-state index contributed by atoms with van der Waals surface area (Å²) in [6.07, 6.45) is -4.28. The monoisotopic (exact) mass is 361 g/mol. The molecule has 1 fully saturated rings. The molecule has 0 amide bonds. The van der Waals surface area contributed by atoms with Gasteiger partial charge in [0.2, 0.25) is 6.29 Å². The lowest BCUT2D eigenvalue weighted by molar-refractivity contribution is -0.384. The van der Waals surface area contributed by atoms with Gasteiger partial charge in [0, 0.05) is 12.1 Å². The molecule has 1 saturated heterocycles. The normalized spacial score (nSPS) is 25.7. The number of nitro groups is 1. The van der Waals surface area contributed by atoms with Gasteiger partial charge in [-0.3, -0.25) is 10.1 Å². The molecular formula is C18H19NO7. The molecule has 0 unspecified atom stereocenters. The molecule has 1 aliphatic rings. The minimum atomic E-state index is -1.35. The molecule has 4 atom stereocenters. The summed E-state index contributed by atoms with van der Waals surface area (Å²) in [4.78, 5) is 10.2. The SMILES string of the molecule is O=[N+]([O-])c1ccc(Cc2ccc(O[C@@H]3OC[C@@H](O)[C@H](O)[C@H]3O)cc2)cc1. The Bertz CT molecular complexity index is 747. The van der Waals surface area contributed by atoms with Crippen molar-refractivity contribution in [3.63, 3.8) is 0 Å². The minimum Gasteiger partial charge on any atom is -0.462 e. The van der Waals surface area contributed by atoms with Crippen LogP contribution < -0.4 is 4.74 Å². The maximum absolute atomic E-state index is 10.7. The highest BCUT2D eigenvalue weighted by Crippen LogP contribution is 2.22. The molecular weight excluding hydrogens is 342 g/mol. The van der Waals surface area contributed by atoms with E-state index in [1.54, 1.807) is 24.3 Å². The third-order valence-corrected chi connectivity index (χ3v) is 4.19. The van der Waals surface area contributed by atoms with Gasteiger partial charge in [0.15, 0.2) is 0 Å². The Morgan fingerprint density at radius 3 is 2.15 bits per heavy atom. The third kappa shape index (κ3) is 4.17. The number of nitrogens with zero attached hydrogens (tertiary/aromatic N) is 1. The number of hydrogen-bond acceptors (Lipinski definition) is 7. The number of hydrogen-bond donors (Lipinski definition) is 3. The molecule has 3 N–H and O–H groups in total. The van der Waals surface area contributed by atoms with Crippen LogP contribution >= 0.6 is 0 Å². The van der Waals surface area contributed by atoms with Gasteiger partial charge in [-0.25, -0.2) is 0 Å². The van der Waals surface area contributed by atoms with Crippen LogP contribution in [-0.4, -0.2) is 51.5 Å². The van der Waals surface area contributed by atoms with Crippen LogP contribution in [0.3, 0.4) is 0 Å². The van der Waals surface area contributed by atoms with E-state index in [9.17, 15) is 25.4 Å². The van der Waals surface area contributed by atoms with Gasteiger partial charge in [-0.2, -0.15) is 0 Å².